The van der Waals surface area contributed by atoms with Gasteiger partial charge >= 0.3 is 0 Å². The zero-order valence-electron chi connectivity index (χ0n) is 37.8. The average molecular weight is 893 g/mol. The maximum atomic E-state index is 2.54. The van der Waals surface area contributed by atoms with Crippen molar-refractivity contribution in [2.75, 3.05) is 0 Å². The van der Waals surface area contributed by atoms with E-state index in [0.717, 1.165) is 11.4 Å². The van der Waals surface area contributed by atoms with Gasteiger partial charge in [-0.25, -0.2) is 0 Å². The largest absolute Gasteiger partial charge is 0.309 e. The summed E-state index contributed by atoms with van der Waals surface area (Å²) in [5, 5.41) is 18.0. The molecule has 2 aromatic heterocycles. The van der Waals surface area contributed by atoms with E-state index in [1.54, 1.807) is 0 Å². The van der Waals surface area contributed by atoms with Gasteiger partial charge in [0.2, 0.25) is 0 Å². The number of benzene rings is 12. The molecule has 14 rings (SSSR count). The topological polar surface area (TPSA) is 9.86 Å². The van der Waals surface area contributed by atoms with E-state index in [1.807, 2.05) is 0 Å². The number of aromatic nitrogens is 2. The van der Waals surface area contributed by atoms with E-state index < -0.39 is 8.07 Å². The monoisotopic (exact) mass is 892 g/mol. The molecule has 3 heteroatoms. The van der Waals surface area contributed by atoms with Crippen molar-refractivity contribution in [1.82, 2.24) is 9.13 Å². The van der Waals surface area contributed by atoms with E-state index >= 15 is 0 Å². The molecule has 12 aromatic carbocycles. The van der Waals surface area contributed by atoms with Crippen molar-refractivity contribution in [3.05, 3.63) is 267 Å². The molecule has 0 amide bonds. The Balaban J connectivity index is 1.10. The molecule has 14 aromatic rings. The highest BCUT2D eigenvalue weighted by molar-refractivity contribution is 7.20. The second kappa shape index (κ2) is 15.7. The molecule has 0 saturated heterocycles. The van der Waals surface area contributed by atoms with Crippen molar-refractivity contribution in [1.29, 1.82) is 0 Å². The molecule has 0 unspecified atom stereocenters. The van der Waals surface area contributed by atoms with Gasteiger partial charge in [-0.15, -0.1) is 0 Å². The summed E-state index contributed by atoms with van der Waals surface area (Å²) in [6, 6.07) is 99.8. The number of hydrogen-bond acceptors (Lipinski definition) is 0. The zero-order chi connectivity index (χ0) is 45.5. The second-order valence-electron chi connectivity index (χ2n) is 18.4. The van der Waals surface area contributed by atoms with Crippen LogP contribution in [-0.2, 0) is 0 Å². The third-order valence-corrected chi connectivity index (χ3v) is 19.6. The Morgan fingerprint density at radius 2 is 0.638 bits per heavy atom. The molecule has 0 saturated carbocycles. The number of rotatable bonds is 7. The van der Waals surface area contributed by atoms with Crippen LogP contribution >= 0.6 is 0 Å². The standard InChI is InChI=1S/C66H44N2Si/c1-4-20-45(21-5-1)46-22-18-28-51(42-46)69(49-24-6-2-7-25-49,50-26-8-3-9-27-50)52-29-19-23-47(43-52)68-63-40-38-48(67-61-36-16-14-33-56(61)57-34-15-17-37-62(57)67)44-60(63)66-64(68)41-39-59-55-32-11-10-30-53(55)54-31-12-13-35-58(54)65(59)66/h1-44H. The van der Waals surface area contributed by atoms with Gasteiger partial charge in [0, 0.05) is 38.3 Å². The predicted octanol–water partition coefficient (Wildman–Crippen LogP) is 14.4. The third kappa shape index (κ3) is 5.91. The smallest absolute Gasteiger partial charge is 0.179 e. The first kappa shape index (κ1) is 39.4. The molecular formula is C66H44N2Si. The van der Waals surface area contributed by atoms with Gasteiger partial charge in [-0.2, -0.15) is 0 Å². The van der Waals surface area contributed by atoms with Gasteiger partial charge in [0.15, 0.2) is 8.07 Å². The van der Waals surface area contributed by atoms with Crippen LogP contribution < -0.4 is 20.7 Å². The molecule has 0 bridgehead atoms. The summed E-state index contributed by atoms with van der Waals surface area (Å²) in [7, 11) is -2.97. The first-order valence-corrected chi connectivity index (χ1v) is 25.9. The van der Waals surface area contributed by atoms with Crippen molar-refractivity contribution in [3.63, 3.8) is 0 Å². The minimum absolute atomic E-state index is 1.14. The number of hydrogen-bond donors (Lipinski definition) is 0. The third-order valence-electron chi connectivity index (χ3n) is 14.8. The highest BCUT2D eigenvalue weighted by atomic mass is 28.3. The molecule has 0 radical (unpaired) electrons. The Kier molecular flexibility index (Phi) is 8.95. The van der Waals surface area contributed by atoms with Crippen LogP contribution in [-0.4, -0.2) is 17.2 Å². The maximum absolute atomic E-state index is 2.97. The molecule has 2 nitrogen and oxygen atoms in total. The molecule has 0 aliphatic carbocycles. The molecule has 0 N–H and O–H groups in total. The van der Waals surface area contributed by atoms with Crippen LogP contribution in [0.1, 0.15) is 0 Å². The highest BCUT2D eigenvalue weighted by Crippen LogP contribution is 2.44. The van der Waals surface area contributed by atoms with Crippen LogP contribution in [0.4, 0.5) is 0 Å². The van der Waals surface area contributed by atoms with Gasteiger partial charge in [-0.3, -0.25) is 0 Å². The second-order valence-corrected chi connectivity index (χ2v) is 22.2. The summed E-state index contributed by atoms with van der Waals surface area (Å²) in [5.41, 5.74) is 9.50. The van der Waals surface area contributed by atoms with Crippen LogP contribution in [0.2, 0.25) is 0 Å². The number of para-hydroxylation sites is 2. The molecule has 0 aliphatic heterocycles. The molecule has 69 heavy (non-hydrogen) atoms. The summed E-state index contributed by atoms with van der Waals surface area (Å²) >= 11 is 0. The Morgan fingerprint density at radius 1 is 0.217 bits per heavy atom. The molecule has 0 fully saturated rings. The minimum atomic E-state index is -2.97. The summed E-state index contributed by atoms with van der Waals surface area (Å²) in [6.45, 7) is 0. The average Bonchev–Trinajstić information content (AvgIpc) is 3.95. The van der Waals surface area contributed by atoms with E-state index in [9.17, 15) is 0 Å². The fraction of sp³-hybridized carbons (Fsp3) is 0. The lowest BCUT2D eigenvalue weighted by molar-refractivity contribution is 1.17. The van der Waals surface area contributed by atoms with Crippen LogP contribution in [0.5, 0.6) is 0 Å². The van der Waals surface area contributed by atoms with Crippen LogP contribution in [0.25, 0.3) is 98.4 Å². The summed E-state index contributed by atoms with van der Waals surface area (Å²) in [6.07, 6.45) is 0. The summed E-state index contributed by atoms with van der Waals surface area (Å²) < 4.78 is 5.00. The van der Waals surface area contributed by atoms with Crippen molar-refractivity contribution in [3.8, 4) is 22.5 Å². The minimum Gasteiger partial charge on any atom is -0.309 e. The highest BCUT2D eigenvalue weighted by Gasteiger charge is 2.42. The van der Waals surface area contributed by atoms with Crippen molar-refractivity contribution in [2.45, 2.75) is 0 Å². The summed E-state index contributed by atoms with van der Waals surface area (Å²) in [4.78, 5) is 0. The van der Waals surface area contributed by atoms with Gasteiger partial charge in [-0.05, 0) is 107 Å². The lowest BCUT2D eigenvalue weighted by Crippen LogP contribution is -2.74. The SMILES string of the molecule is c1ccc(-c2cccc([Si](c3ccccc3)(c3ccccc3)c3cccc(-n4c5ccc(-n6c7ccccc7c7ccccc76)cc5c5c6c7ccccc7c7ccccc7c6ccc54)c3)c2)cc1. The first-order chi connectivity index (χ1) is 34.3. The molecular weight excluding hydrogens is 849 g/mol. The van der Waals surface area contributed by atoms with Crippen molar-refractivity contribution in [2.24, 2.45) is 0 Å². The Hall–Kier alpha value is -8.76. The number of nitrogens with zero attached hydrogens (tertiary/aromatic N) is 2. The van der Waals surface area contributed by atoms with Crippen LogP contribution in [0.15, 0.2) is 267 Å². The predicted molar refractivity (Wildman–Crippen MR) is 297 cm³/mol. The van der Waals surface area contributed by atoms with Gasteiger partial charge in [0.05, 0.1) is 22.1 Å². The Morgan fingerprint density at radius 3 is 1.28 bits per heavy atom. The maximum Gasteiger partial charge on any atom is 0.179 e. The molecule has 0 aliphatic rings. The summed E-state index contributed by atoms with van der Waals surface area (Å²) in [5.74, 6) is 0. The van der Waals surface area contributed by atoms with Gasteiger partial charge < -0.3 is 9.13 Å². The van der Waals surface area contributed by atoms with E-state index in [4.69, 9.17) is 0 Å². The molecule has 0 atom stereocenters. The Labute approximate surface area is 401 Å². The van der Waals surface area contributed by atoms with E-state index in [0.29, 0.717) is 0 Å². The van der Waals surface area contributed by atoms with Crippen molar-refractivity contribution >= 4 is 105 Å². The first-order valence-electron chi connectivity index (χ1n) is 23.9. The molecule has 2 heterocycles. The molecule has 322 valence electrons. The van der Waals surface area contributed by atoms with Crippen LogP contribution in [0, 0.1) is 0 Å². The number of fused-ring (bicyclic) bond motifs is 13. The van der Waals surface area contributed by atoms with E-state index in [1.165, 1.54) is 108 Å². The van der Waals surface area contributed by atoms with Gasteiger partial charge in [0.1, 0.15) is 0 Å². The van der Waals surface area contributed by atoms with E-state index in [2.05, 4.69) is 276 Å². The van der Waals surface area contributed by atoms with Crippen LogP contribution in [0.3, 0.4) is 0 Å². The Bertz CT molecular complexity index is 4170. The van der Waals surface area contributed by atoms with Gasteiger partial charge in [0.25, 0.3) is 0 Å². The lowest BCUT2D eigenvalue weighted by Gasteiger charge is -2.35. The molecule has 0 spiro atoms. The normalized spacial score (nSPS) is 12.1. The fourth-order valence-electron chi connectivity index (χ4n) is 11.9. The fourth-order valence-corrected chi connectivity index (χ4v) is 16.7. The zero-order valence-corrected chi connectivity index (χ0v) is 38.8. The lowest BCUT2D eigenvalue weighted by atomic mass is 9.92. The van der Waals surface area contributed by atoms with Gasteiger partial charge in [-0.1, -0.05) is 218 Å². The quantitative estimate of drug-likeness (QED) is 0.0857. The van der Waals surface area contributed by atoms with E-state index in [-0.39, 0.29) is 0 Å². The van der Waals surface area contributed by atoms with Crippen molar-refractivity contribution < 1.29 is 0 Å².